The molecule has 0 saturated carbocycles. The van der Waals surface area contributed by atoms with Gasteiger partial charge in [-0.3, -0.25) is 0 Å². The molecule has 5 heteroatoms. The Morgan fingerprint density at radius 3 is 2.75 bits per heavy atom. The van der Waals surface area contributed by atoms with Crippen LogP contribution in [-0.2, 0) is 6.42 Å². The van der Waals surface area contributed by atoms with E-state index in [4.69, 9.17) is 21.8 Å². The van der Waals surface area contributed by atoms with Crippen LogP contribution in [0.5, 0.6) is 0 Å². The molecular formula is C11H12ClN3O. The van der Waals surface area contributed by atoms with Crippen LogP contribution in [0.25, 0.3) is 0 Å². The molecule has 0 aliphatic rings. The number of hydrogen-bond acceptors (Lipinski definition) is 4. The largest absolute Gasteiger partial charge is 0.423 e. The van der Waals surface area contributed by atoms with E-state index in [0.29, 0.717) is 23.2 Å². The molecule has 2 rings (SSSR count). The van der Waals surface area contributed by atoms with Gasteiger partial charge < -0.3 is 10.2 Å². The van der Waals surface area contributed by atoms with Gasteiger partial charge in [-0.1, -0.05) is 29.8 Å². The maximum absolute atomic E-state index is 6.03. The smallest absolute Gasteiger partial charge is 0.232 e. The topological polar surface area (TPSA) is 64.9 Å². The molecule has 0 saturated heterocycles. The van der Waals surface area contributed by atoms with Gasteiger partial charge >= 0.3 is 0 Å². The van der Waals surface area contributed by atoms with Gasteiger partial charge in [-0.05, 0) is 18.6 Å². The minimum Gasteiger partial charge on any atom is -0.423 e. The normalized spacial score (nSPS) is 12.7. The van der Waals surface area contributed by atoms with Gasteiger partial charge in [0.2, 0.25) is 11.8 Å². The quantitative estimate of drug-likeness (QED) is 0.890. The summed E-state index contributed by atoms with van der Waals surface area (Å²) in [5.41, 5.74) is 6.59. The molecule has 4 nitrogen and oxygen atoms in total. The van der Waals surface area contributed by atoms with Crippen LogP contribution >= 0.6 is 11.6 Å². The van der Waals surface area contributed by atoms with Crippen molar-refractivity contribution in [3.63, 3.8) is 0 Å². The zero-order chi connectivity index (χ0) is 11.5. The lowest BCUT2D eigenvalue weighted by atomic mass is 10.1. The van der Waals surface area contributed by atoms with Gasteiger partial charge in [0.15, 0.2) is 0 Å². The number of halogens is 1. The molecule has 1 atom stereocenters. The third kappa shape index (κ3) is 2.40. The third-order valence-electron chi connectivity index (χ3n) is 2.17. The Labute approximate surface area is 98.4 Å². The molecule has 2 N–H and O–H groups in total. The molecule has 2 aromatic rings. The first-order valence-corrected chi connectivity index (χ1v) is 5.36. The highest BCUT2D eigenvalue weighted by Gasteiger charge is 2.11. The van der Waals surface area contributed by atoms with Gasteiger partial charge in [0.25, 0.3) is 0 Å². The second kappa shape index (κ2) is 4.63. The predicted molar refractivity (Wildman–Crippen MR) is 61.2 cm³/mol. The highest BCUT2D eigenvalue weighted by atomic mass is 35.5. The van der Waals surface area contributed by atoms with Crippen molar-refractivity contribution in [3.05, 3.63) is 46.6 Å². The van der Waals surface area contributed by atoms with E-state index in [9.17, 15) is 0 Å². The first-order valence-electron chi connectivity index (χ1n) is 4.98. The van der Waals surface area contributed by atoms with Gasteiger partial charge in [0.1, 0.15) is 0 Å². The van der Waals surface area contributed by atoms with Crippen LogP contribution in [0.2, 0.25) is 5.02 Å². The summed E-state index contributed by atoms with van der Waals surface area (Å²) in [5.74, 6) is 0.974. The highest BCUT2D eigenvalue weighted by molar-refractivity contribution is 6.31. The van der Waals surface area contributed by atoms with E-state index in [0.717, 1.165) is 5.56 Å². The van der Waals surface area contributed by atoms with Crippen molar-refractivity contribution in [1.29, 1.82) is 0 Å². The number of rotatable bonds is 3. The minimum absolute atomic E-state index is 0.243. The molecule has 0 spiro atoms. The molecule has 84 valence electrons. The summed E-state index contributed by atoms with van der Waals surface area (Å²) >= 11 is 6.03. The van der Waals surface area contributed by atoms with Gasteiger partial charge in [-0.2, -0.15) is 0 Å². The molecule has 16 heavy (non-hydrogen) atoms. The Balaban J connectivity index is 2.18. The van der Waals surface area contributed by atoms with Crippen LogP contribution in [0.1, 0.15) is 30.3 Å². The molecule has 1 unspecified atom stereocenters. The lowest BCUT2D eigenvalue weighted by Gasteiger charge is -1.99. The maximum Gasteiger partial charge on any atom is 0.232 e. The van der Waals surface area contributed by atoms with E-state index in [2.05, 4.69) is 10.2 Å². The van der Waals surface area contributed by atoms with Gasteiger partial charge in [-0.15, -0.1) is 10.2 Å². The van der Waals surface area contributed by atoms with Crippen LogP contribution in [0.3, 0.4) is 0 Å². The Hall–Kier alpha value is -1.39. The Morgan fingerprint density at radius 2 is 2.12 bits per heavy atom. The van der Waals surface area contributed by atoms with Crippen molar-refractivity contribution >= 4 is 11.6 Å². The SMILES string of the molecule is CC(N)c1nnc(Cc2ccccc2Cl)o1. The number of benzene rings is 1. The fourth-order valence-corrected chi connectivity index (χ4v) is 1.53. The van der Waals surface area contributed by atoms with E-state index < -0.39 is 0 Å². The molecule has 0 aliphatic carbocycles. The lowest BCUT2D eigenvalue weighted by molar-refractivity contribution is 0.433. The molecule has 1 aromatic carbocycles. The summed E-state index contributed by atoms with van der Waals surface area (Å²) in [6, 6.07) is 7.32. The van der Waals surface area contributed by atoms with Gasteiger partial charge in [0.05, 0.1) is 12.5 Å². The first-order chi connectivity index (χ1) is 7.66. The molecule has 1 heterocycles. The summed E-state index contributed by atoms with van der Waals surface area (Å²) in [6.45, 7) is 1.80. The number of hydrogen-bond donors (Lipinski definition) is 1. The second-order valence-electron chi connectivity index (χ2n) is 3.59. The molecule has 0 bridgehead atoms. The van der Waals surface area contributed by atoms with Crippen molar-refractivity contribution in [2.45, 2.75) is 19.4 Å². The maximum atomic E-state index is 6.03. The average molecular weight is 238 g/mol. The monoisotopic (exact) mass is 237 g/mol. The van der Waals surface area contributed by atoms with Crippen LogP contribution in [-0.4, -0.2) is 10.2 Å². The summed E-state index contributed by atoms with van der Waals surface area (Å²) in [4.78, 5) is 0. The summed E-state index contributed by atoms with van der Waals surface area (Å²) < 4.78 is 5.40. The van der Waals surface area contributed by atoms with Gasteiger partial charge in [0, 0.05) is 5.02 Å². The minimum atomic E-state index is -0.243. The average Bonchev–Trinajstić information content (AvgIpc) is 2.70. The Morgan fingerprint density at radius 1 is 1.38 bits per heavy atom. The van der Waals surface area contributed by atoms with Crippen molar-refractivity contribution < 1.29 is 4.42 Å². The van der Waals surface area contributed by atoms with Crippen LogP contribution < -0.4 is 5.73 Å². The number of nitrogens with two attached hydrogens (primary N) is 1. The number of aromatic nitrogens is 2. The van der Waals surface area contributed by atoms with Crippen LogP contribution in [0.15, 0.2) is 28.7 Å². The highest BCUT2D eigenvalue weighted by Crippen LogP contribution is 2.19. The zero-order valence-corrected chi connectivity index (χ0v) is 9.61. The van der Waals surface area contributed by atoms with E-state index in [1.165, 1.54) is 0 Å². The second-order valence-corrected chi connectivity index (χ2v) is 4.00. The molecule has 0 aliphatic heterocycles. The molecular weight excluding hydrogens is 226 g/mol. The molecule has 0 amide bonds. The fraction of sp³-hybridized carbons (Fsp3) is 0.273. The van der Waals surface area contributed by atoms with Gasteiger partial charge in [-0.25, -0.2) is 0 Å². The third-order valence-corrected chi connectivity index (χ3v) is 2.54. The zero-order valence-electron chi connectivity index (χ0n) is 8.85. The summed E-state index contributed by atoms with van der Waals surface area (Å²) in [6.07, 6.45) is 0.527. The van der Waals surface area contributed by atoms with Crippen molar-refractivity contribution in [3.8, 4) is 0 Å². The first kappa shape index (κ1) is 11.1. The Kier molecular flexibility index (Phi) is 3.22. The van der Waals surface area contributed by atoms with E-state index >= 15 is 0 Å². The predicted octanol–water partition coefficient (Wildman–Crippen LogP) is 2.33. The number of nitrogens with zero attached hydrogens (tertiary/aromatic N) is 2. The summed E-state index contributed by atoms with van der Waals surface area (Å²) in [7, 11) is 0. The molecule has 0 radical (unpaired) electrons. The van der Waals surface area contributed by atoms with Crippen molar-refractivity contribution in [1.82, 2.24) is 10.2 Å². The van der Waals surface area contributed by atoms with Crippen LogP contribution in [0, 0.1) is 0 Å². The molecule has 1 aromatic heterocycles. The van der Waals surface area contributed by atoms with Crippen LogP contribution in [0.4, 0.5) is 0 Å². The van der Waals surface area contributed by atoms with Crippen molar-refractivity contribution in [2.24, 2.45) is 5.73 Å². The molecule has 0 fully saturated rings. The standard InChI is InChI=1S/C11H12ClN3O/c1-7(13)11-15-14-10(16-11)6-8-4-2-3-5-9(8)12/h2-5,7H,6,13H2,1H3. The van der Waals surface area contributed by atoms with Crippen molar-refractivity contribution in [2.75, 3.05) is 0 Å². The van der Waals surface area contributed by atoms with E-state index in [-0.39, 0.29) is 6.04 Å². The fourth-order valence-electron chi connectivity index (χ4n) is 1.33. The lowest BCUT2D eigenvalue weighted by Crippen LogP contribution is -2.04. The summed E-state index contributed by atoms with van der Waals surface area (Å²) in [5, 5.41) is 8.47. The van der Waals surface area contributed by atoms with E-state index in [1.807, 2.05) is 24.3 Å². The van der Waals surface area contributed by atoms with E-state index in [1.54, 1.807) is 6.92 Å². The Bertz CT molecular complexity index is 482.